The second-order valence-corrected chi connectivity index (χ2v) is 7.97. The third kappa shape index (κ3) is 6.74. The number of rotatable bonds is 10. The third-order valence-corrected chi connectivity index (χ3v) is 5.09. The minimum Gasteiger partial charge on any atom is -0.472 e. The Bertz CT molecular complexity index is 752. The van der Waals surface area contributed by atoms with Gasteiger partial charge in [0.2, 0.25) is 0 Å². The first kappa shape index (κ1) is 23.7. The lowest BCUT2D eigenvalue weighted by molar-refractivity contribution is -0.127. The molecule has 0 fully saturated rings. The largest absolute Gasteiger partial charge is 0.472 e. The molecular formula is C21H31F3N4O2. The summed E-state index contributed by atoms with van der Waals surface area (Å²) in [5.74, 6) is 0.219. The molecule has 9 heteroatoms. The molecule has 168 valence electrons. The number of nitrogens with one attached hydrogen (secondary N) is 4. The molecule has 30 heavy (non-hydrogen) atoms. The van der Waals surface area contributed by atoms with E-state index in [1.54, 1.807) is 25.6 Å². The fraction of sp³-hybridized carbons (Fsp3) is 0.571. The predicted octanol–water partition coefficient (Wildman–Crippen LogP) is 3.19. The fourth-order valence-electron chi connectivity index (χ4n) is 3.25. The SMILES string of the molecule is CCC(=O)C(C)(C)CC/C(=C\NC)C1=COC(C2=CNCC(NCC(F)(F)F)=C2)N1. The highest BCUT2D eigenvalue weighted by Crippen LogP contribution is 2.30. The lowest BCUT2D eigenvalue weighted by Crippen LogP contribution is -2.35. The van der Waals surface area contributed by atoms with E-state index in [9.17, 15) is 18.0 Å². The molecule has 1 unspecified atom stereocenters. The third-order valence-electron chi connectivity index (χ3n) is 5.09. The maximum absolute atomic E-state index is 12.4. The van der Waals surface area contributed by atoms with Crippen LogP contribution < -0.4 is 21.3 Å². The molecule has 0 spiro atoms. The highest BCUT2D eigenvalue weighted by atomic mass is 19.4. The highest BCUT2D eigenvalue weighted by molar-refractivity contribution is 5.83. The number of ether oxygens (including phenoxy) is 1. The molecule has 0 saturated heterocycles. The van der Waals surface area contributed by atoms with E-state index in [1.165, 1.54) is 0 Å². The number of hydrogen-bond donors (Lipinski definition) is 4. The number of ketones is 1. The van der Waals surface area contributed by atoms with E-state index < -0.39 is 24.4 Å². The van der Waals surface area contributed by atoms with Gasteiger partial charge in [0.15, 0.2) is 6.23 Å². The maximum Gasteiger partial charge on any atom is 0.405 e. The van der Waals surface area contributed by atoms with Crippen molar-refractivity contribution in [2.75, 3.05) is 20.1 Å². The van der Waals surface area contributed by atoms with Crippen LogP contribution in [0.15, 0.2) is 47.3 Å². The van der Waals surface area contributed by atoms with Crippen molar-refractivity contribution < 1.29 is 22.7 Å². The van der Waals surface area contributed by atoms with Crippen LogP contribution in [0.2, 0.25) is 0 Å². The monoisotopic (exact) mass is 428 g/mol. The van der Waals surface area contributed by atoms with E-state index in [2.05, 4.69) is 21.3 Å². The fourth-order valence-corrected chi connectivity index (χ4v) is 3.25. The van der Waals surface area contributed by atoms with Crippen LogP contribution in [0.5, 0.6) is 0 Å². The van der Waals surface area contributed by atoms with Gasteiger partial charge in [-0.25, -0.2) is 0 Å². The molecule has 4 N–H and O–H groups in total. The molecule has 2 aliphatic rings. The smallest absolute Gasteiger partial charge is 0.405 e. The van der Waals surface area contributed by atoms with E-state index in [4.69, 9.17) is 4.74 Å². The van der Waals surface area contributed by atoms with Gasteiger partial charge in [0, 0.05) is 42.6 Å². The lowest BCUT2D eigenvalue weighted by atomic mass is 9.81. The van der Waals surface area contributed by atoms with Crippen molar-refractivity contribution in [2.24, 2.45) is 5.41 Å². The minimum atomic E-state index is -4.28. The number of halogens is 3. The Balaban J connectivity index is 1.99. The van der Waals surface area contributed by atoms with Crippen LogP contribution in [-0.4, -0.2) is 38.3 Å². The summed E-state index contributed by atoms with van der Waals surface area (Å²) < 4.78 is 43.1. The second-order valence-electron chi connectivity index (χ2n) is 7.97. The first-order valence-electron chi connectivity index (χ1n) is 10.0. The van der Waals surface area contributed by atoms with Crippen molar-refractivity contribution in [1.29, 1.82) is 0 Å². The summed E-state index contributed by atoms with van der Waals surface area (Å²) in [5.41, 5.74) is 2.44. The Kier molecular flexibility index (Phi) is 7.86. The number of carbonyl (C=O) groups excluding carboxylic acids is 1. The van der Waals surface area contributed by atoms with Gasteiger partial charge in [0.1, 0.15) is 18.6 Å². The standard InChI is InChI=1S/C21H31F3N4O2/c1-5-18(29)20(2,3)7-6-14(9-25-4)17-12-30-19(28-17)15-8-16(11-26-10-15)27-13-21(22,23)24/h8-10,12,19,25-28H,5-7,11,13H2,1-4H3/b14-9+. The van der Waals surface area contributed by atoms with Crippen molar-refractivity contribution in [1.82, 2.24) is 21.3 Å². The molecule has 6 nitrogen and oxygen atoms in total. The first-order chi connectivity index (χ1) is 14.1. The molecule has 0 saturated carbocycles. The Morgan fingerprint density at radius 2 is 2.10 bits per heavy atom. The number of carbonyl (C=O) groups is 1. The molecule has 1 atom stereocenters. The quantitative estimate of drug-likeness (QED) is 0.428. The Morgan fingerprint density at radius 1 is 1.37 bits per heavy atom. The van der Waals surface area contributed by atoms with Crippen LogP contribution >= 0.6 is 0 Å². The van der Waals surface area contributed by atoms with Crippen LogP contribution in [0, 0.1) is 5.41 Å². The van der Waals surface area contributed by atoms with E-state index in [-0.39, 0.29) is 12.3 Å². The Labute approximate surface area is 175 Å². The van der Waals surface area contributed by atoms with Crippen molar-refractivity contribution in [3.8, 4) is 0 Å². The topological polar surface area (TPSA) is 74.4 Å². The zero-order valence-electron chi connectivity index (χ0n) is 17.9. The van der Waals surface area contributed by atoms with Crippen LogP contribution in [-0.2, 0) is 9.53 Å². The molecule has 0 aliphatic carbocycles. The molecule has 2 aliphatic heterocycles. The number of allylic oxidation sites excluding steroid dienone is 1. The zero-order chi connectivity index (χ0) is 22.4. The molecule has 0 amide bonds. The molecule has 0 aromatic rings. The number of dihydropyridines is 1. The number of hydrogen-bond acceptors (Lipinski definition) is 6. The summed E-state index contributed by atoms with van der Waals surface area (Å²) in [4.78, 5) is 12.1. The molecule has 0 aromatic carbocycles. The van der Waals surface area contributed by atoms with E-state index in [0.29, 0.717) is 30.5 Å². The van der Waals surface area contributed by atoms with E-state index >= 15 is 0 Å². The molecule has 0 radical (unpaired) electrons. The van der Waals surface area contributed by atoms with E-state index in [1.807, 2.05) is 27.0 Å². The van der Waals surface area contributed by atoms with Gasteiger partial charge >= 0.3 is 6.18 Å². The van der Waals surface area contributed by atoms with Crippen LogP contribution in [0.25, 0.3) is 0 Å². The normalized spacial score (nSPS) is 19.6. The highest BCUT2D eigenvalue weighted by Gasteiger charge is 2.30. The van der Waals surface area contributed by atoms with Crippen LogP contribution in [0.1, 0.15) is 40.0 Å². The average Bonchev–Trinajstić information content (AvgIpc) is 3.18. The summed E-state index contributed by atoms with van der Waals surface area (Å²) in [6, 6.07) is 0. The molecule has 2 heterocycles. The molecular weight excluding hydrogens is 397 g/mol. The molecule has 0 aromatic heterocycles. The van der Waals surface area contributed by atoms with Crippen molar-refractivity contribution in [3.63, 3.8) is 0 Å². The number of Topliss-reactive ketones (excluding diaryl/α,β-unsaturated/α-hetero) is 1. The van der Waals surface area contributed by atoms with Crippen molar-refractivity contribution in [3.05, 3.63) is 47.3 Å². The lowest BCUT2D eigenvalue weighted by Gasteiger charge is -2.24. The summed E-state index contributed by atoms with van der Waals surface area (Å²) in [6.45, 7) is 4.97. The van der Waals surface area contributed by atoms with Crippen molar-refractivity contribution >= 4 is 5.78 Å². The number of alkyl halides is 3. The zero-order valence-corrected chi connectivity index (χ0v) is 17.9. The van der Waals surface area contributed by atoms with Crippen molar-refractivity contribution in [2.45, 2.75) is 52.4 Å². The first-order valence-corrected chi connectivity index (χ1v) is 10.0. The molecule has 0 bridgehead atoms. The second kappa shape index (κ2) is 9.95. The summed E-state index contributed by atoms with van der Waals surface area (Å²) >= 11 is 0. The summed E-state index contributed by atoms with van der Waals surface area (Å²) in [6.07, 6.45) is 3.90. The van der Waals surface area contributed by atoms with Gasteiger partial charge in [-0.2, -0.15) is 13.2 Å². The average molecular weight is 428 g/mol. The summed E-state index contributed by atoms with van der Waals surface area (Å²) in [7, 11) is 1.80. The predicted molar refractivity (Wildman–Crippen MR) is 110 cm³/mol. The van der Waals surface area contributed by atoms with Gasteiger partial charge < -0.3 is 26.0 Å². The Hall–Kier alpha value is -2.58. The maximum atomic E-state index is 12.4. The van der Waals surface area contributed by atoms with E-state index in [0.717, 1.165) is 11.3 Å². The van der Waals surface area contributed by atoms with Gasteiger partial charge in [0.25, 0.3) is 0 Å². The minimum absolute atomic E-state index is 0.219. The van der Waals surface area contributed by atoms with Gasteiger partial charge in [-0.05, 0) is 24.5 Å². The van der Waals surface area contributed by atoms with Gasteiger partial charge in [-0.15, -0.1) is 0 Å². The Morgan fingerprint density at radius 3 is 2.73 bits per heavy atom. The van der Waals surface area contributed by atoms with Crippen LogP contribution in [0.4, 0.5) is 13.2 Å². The molecule has 2 rings (SSSR count). The van der Waals surface area contributed by atoms with Gasteiger partial charge in [0.05, 0.1) is 12.2 Å². The van der Waals surface area contributed by atoms with Gasteiger partial charge in [-0.3, -0.25) is 4.79 Å². The van der Waals surface area contributed by atoms with Crippen LogP contribution in [0.3, 0.4) is 0 Å². The van der Waals surface area contributed by atoms with Gasteiger partial charge in [-0.1, -0.05) is 20.8 Å². The summed E-state index contributed by atoms with van der Waals surface area (Å²) in [5, 5.41) is 11.6.